The van der Waals surface area contributed by atoms with Gasteiger partial charge in [-0.3, -0.25) is 10.1 Å². The van der Waals surface area contributed by atoms with Gasteiger partial charge >= 0.3 is 5.97 Å². The van der Waals surface area contributed by atoms with Crippen LogP contribution >= 0.6 is 0 Å². The van der Waals surface area contributed by atoms with Gasteiger partial charge in [0.25, 0.3) is 0 Å². The Labute approximate surface area is 122 Å². The van der Waals surface area contributed by atoms with E-state index < -0.39 is 11.5 Å². The first-order valence-electron chi connectivity index (χ1n) is 8.23. The highest BCUT2D eigenvalue weighted by Gasteiger charge is 2.37. The summed E-state index contributed by atoms with van der Waals surface area (Å²) in [5.41, 5.74) is -0.725. The molecule has 1 heterocycles. The van der Waals surface area contributed by atoms with Crippen LogP contribution in [0, 0.1) is 5.92 Å². The number of rotatable bonds is 8. The number of aliphatic carboxylic acids is 1. The van der Waals surface area contributed by atoms with E-state index in [0.29, 0.717) is 6.04 Å². The second kappa shape index (κ2) is 6.90. The average Bonchev–Trinajstić information content (AvgIpc) is 3.20. The molecular weight excluding hydrogens is 252 g/mol. The number of unbranched alkanes of at least 4 members (excludes halogenated alkanes) is 1. The molecule has 1 unspecified atom stereocenters. The van der Waals surface area contributed by atoms with Crippen LogP contribution in [0.5, 0.6) is 0 Å². The molecule has 1 saturated heterocycles. The number of nitrogens with zero attached hydrogens (tertiary/aromatic N) is 1. The molecule has 20 heavy (non-hydrogen) atoms. The lowest BCUT2D eigenvalue weighted by Gasteiger charge is -2.31. The maximum Gasteiger partial charge on any atom is 0.323 e. The van der Waals surface area contributed by atoms with E-state index in [2.05, 4.69) is 17.1 Å². The van der Waals surface area contributed by atoms with Crippen LogP contribution in [0.25, 0.3) is 0 Å². The minimum atomic E-state index is -0.725. The molecule has 0 bridgehead atoms. The molecule has 0 aromatic heterocycles. The maximum absolute atomic E-state index is 11.4. The van der Waals surface area contributed by atoms with Crippen molar-refractivity contribution in [2.75, 3.05) is 19.6 Å². The number of carboxylic acids is 1. The molecular formula is C16H30N2O2. The normalized spacial score (nSPS) is 24.5. The summed E-state index contributed by atoms with van der Waals surface area (Å²) in [6.07, 6.45) is 7.75. The molecule has 4 heteroatoms. The number of nitrogens with one attached hydrogen (secondary N) is 1. The number of likely N-dealkylation sites (tertiary alicyclic amines) is 1. The third-order valence-electron chi connectivity index (χ3n) is 4.85. The molecule has 0 aromatic carbocycles. The van der Waals surface area contributed by atoms with Crippen LogP contribution in [0.2, 0.25) is 0 Å². The van der Waals surface area contributed by atoms with E-state index in [-0.39, 0.29) is 0 Å². The van der Waals surface area contributed by atoms with Crippen LogP contribution in [0.4, 0.5) is 0 Å². The van der Waals surface area contributed by atoms with Crippen LogP contribution in [0.1, 0.15) is 58.8 Å². The highest BCUT2D eigenvalue weighted by atomic mass is 16.4. The molecule has 1 aliphatic carbocycles. The van der Waals surface area contributed by atoms with Gasteiger partial charge in [-0.25, -0.2) is 0 Å². The molecule has 0 spiro atoms. The van der Waals surface area contributed by atoms with E-state index >= 15 is 0 Å². The van der Waals surface area contributed by atoms with E-state index in [1.807, 2.05) is 6.92 Å². The Morgan fingerprint density at radius 3 is 2.45 bits per heavy atom. The Morgan fingerprint density at radius 2 is 1.90 bits per heavy atom. The zero-order valence-electron chi connectivity index (χ0n) is 13.0. The van der Waals surface area contributed by atoms with Crippen molar-refractivity contribution in [1.82, 2.24) is 10.2 Å². The largest absolute Gasteiger partial charge is 0.480 e. The maximum atomic E-state index is 11.4. The fourth-order valence-electron chi connectivity index (χ4n) is 3.02. The second-order valence-corrected chi connectivity index (χ2v) is 7.04. The van der Waals surface area contributed by atoms with E-state index in [9.17, 15) is 9.90 Å². The first kappa shape index (κ1) is 15.8. The summed E-state index contributed by atoms with van der Waals surface area (Å²) in [5, 5.41) is 12.7. The topological polar surface area (TPSA) is 52.6 Å². The molecule has 0 amide bonds. The lowest BCUT2D eigenvalue weighted by molar-refractivity contribution is -0.144. The molecule has 0 aromatic rings. The Morgan fingerprint density at radius 1 is 1.25 bits per heavy atom. The number of carbonyl (C=O) groups is 1. The fourth-order valence-corrected chi connectivity index (χ4v) is 3.02. The second-order valence-electron chi connectivity index (χ2n) is 7.04. The predicted molar refractivity (Wildman–Crippen MR) is 80.9 cm³/mol. The van der Waals surface area contributed by atoms with E-state index in [4.69, 9.17) is 0 Å². The van der Waals surface area contributed by atoms with Crippen molar-refractivity contribution >= 4 is 5.97 Å². The van der Waals surface area contributed by atoms with E-state index in [1.165, 1.54) is 25.9 Å². The molecule has 2 N–H and O–H groups in total. The Kier molecular flexibility index (Phi) is 5.44. The van der Waals surface area contributed by atoms with Gasteiger partial charge in [-0.2, -0.15) is 0 Å². The molecule has 1 atom stereocenters. The highest BCUT2D eigenvalue weighted by Crippen LogP contribution is 2.25. The van der Waals surface area contributed by atoms with Gasteiger partial charge in [0.1, 0.15) is 5.54 Å². The van der Waals surface area contributed by atoms with Crippen LogP contribution in [0.15, 0.2) is 0 Å². The fraction of sp³-hybridized carbons (Fsp3) is 0.938. The van der Waals surface area contributed by atoms with Gasteiger partial charge in [-0.15, -0.1) is 0 Å². The van der Waals surface area contributed by atoms with Crippen molar-refractivity contribution in [1.29, 1.82) is 0 Å². The minimum Gasteiger partial charge on any atom is -0.480 e. The molecule has 2 aliphatic rings. The molecule has 4 nitrogen and oxygen atoms in total. The Bertz CT molecular complexity index is 322. The monoisotopic (exact) mass is 282 g/mol. The summed E-state index contributed by atoms with van der Waals surface area (Å²) in [7, 11) is 0. The van der Waals surface area contributed by atoms with Crippen molar-refractivity contribution in [3.05, 3.63) is 0 Å². The van der Waals surface area contributed by atoms with Crippen LogP contribution in [-0.4, -0.2) is 47.2 Å². The predicted octanol–water partition coefficient (Wildman–Crippen LogP) is 2.48. The molecule has 116 valence electrons. The summed E-state index contributed by atoms with van der Waals surface area (Å²) in [5.74, 6) is 0.181. The van der Waals surface area contributed by atoms with Gasteiger partial charge in [0, 0.05) is 6.04 Å². The van der Waals surface area contributed by atoms with Gasteiger partial charge in [0.2, 0.25) is 0 Å². The third kappa shape index (κ3) is 4.74. The third-order valence-corrected chi connectivity index (χ3v) is 4.85. The smallest absolute Gasteiger partial charge is 0.323 e. The average molecular weight is 282 g/mol. The lowest BCUT2D eigenvalue weighted by atomic mass is 9.94. The summed E-state index contributed by atoms with van der Waals surface area (Å²) in [4.78, 5) is 14.0. The van der Waals surface area contributed by atoms with Crippen molar-refractivity contribution < 1.29 is 9.90 Å². The zero-order chi connectivity index (χ0) is 14.6. The Hall–Kier alpha value is -0.610. The summed E-state index contributed by atoms with van der Waals surface area (Å²) in [6, 6.07) is 0.444. The lowest BCUT2D eigenvalue weighted by Crippen LogP contribution is -2.50. The number of hydrogen-bond donors (Lipinski definition) is 2. The van der Waals surface area contributed by atoms with Gasteiger partial charge in [-0.1, -0.05) is 6.92 Å². The van der Waals surface area contributed by atoms with Crippen molar-refractivity contribution in [2.45, 2.75) is 70.4 Å². The molecule has 2 rings (SSSR count). The minimum absolute atomic E-state index is 0.444. The van der Waals surface area contributed by atoms with Gasteiger partial charge in [0.05, 0.1) is 0 Å². The van der Waals surface area contributed by atoms with Crippen LogP contribution in [-0.2, 0) is 4.79 Å². The van der Waals surface area contributed by atoms with Crippen LogP contribution < -0.4 is 5.32 Å². The van der Waals surface area contributed by atoms with Gasteiger partial charge in [0.15, 0.2) is 0 Å². The summed E-state index contributed by atoms with van der Waals surface area (Å²) >= 11 is 0. The zero-order valence-corrected chi connectivity index (χ0v) is 13.0. The quantitative estimate of drug-likeness (QED) is 0.672. The summed E-state index contributed by atoms with van der Waals surface area (Å²) in [6.45, 7) is 7.75. The first-order chi connectivity index (χ1) is 9.49. The Balaban J connectivity index is 1.64. The summed E-state index contributed by atoms with van der Waals surface area (Å²) < 4.78 is 0. The number of hydrogen-bond acceptors (Lipinski definition) is 3. The number of carboxylic acid groups (broad SMARTS) is 1. The van der Waals surface area contributed by atoms with Gasteiger partial charge in [-0.05, 0) is 77.4 Å². The molecule has 1 saturated carbocycles. The van der Waals surface area contributed by atoms with E-state index in [1.54, 1.807) is 0 Å². The molecule has 2 fully saturated rings. The first-order valence-corrected chi connectivity index (χ1v) is 8.23. The SMILES string of the molecule is CC1CCN(CCCCC(C)(NC2CC2)C(=O)O)CC1. The standard InChI is InChI=1S/C16H30N2O2/c1-13-7-11-18(12-8-13)10-4-3-9-16(2,15(19)20)17-14-5-6-14/h13-14,17H,3-12H2,1-2H3,(H,19,20). The van der Waals surface area contributed by atoms with E-state index in [0.717, 1.165) is 44.6 Å². The highest BCUT2D eigenvalue weighted by molar-refractivity contribution is 5.78. The number of piperidine rings is 1. The van der Waals surface area contributed by atoms with Crippen LogP contribution in [0.3, 0.4) is 0 Å². The van der Waals surface area contributed by atoms with Gasteiger partial charge < -0.3 is 10.0 Å². The van der Waals surface area contributed by atoms with Crippen molar-refractivity contribution in [3.8, 4) is 0 Å². The van der Waals surface area contributed by atoms with Crippen molar-refractivity contribution in [3.63, 3.8) is 0 Å². The molecule has 0 radical (unpaired) electrons. The van der Waals surface area contributed by atoms with Crippen molar-refractivity contribution in [2.24, 2.45) is 5.92 Å². The molecule has 1 aliphatic heterocycles.